The van der Waals surface area contributed by atoms with Crippen LogP contribution in [0, 0.1) is 21.4 Å². The minimum Gasteiger partial charge on any atom is -0.391 e. The molecule has 0 aliphatic heterocycles. The largest absolute Gasteiger partial charge is 0.428 e. The molecule has 28 heavy (non-hydrogen) atoms. The van der Waals surface area contributed by atoms with Gasteiger partial charge in [0.2, 0.25) is 5.71 Å². The first kappa shape index (κ1) is 17.2. The predicted octanol–water partition coefficient (Wildman–Crippen LogP) is 2.70. The number of nitrogens with zero attached hydrogens (tertiary/aromatic N) is 4. The lowest BCUT2D eigenvalue weighted by atomic mass is 10.2. The van der Waals surface area contributed by atoms with Crippen LogP contribution in [0.25, 0.3) is 27.7 Å². The topological polar surface area (TPSA) is 124 Å². The van der Waals surface area contributed by atoms with Gasteiger partial charge in [0.15, 0.2) is 0 Å². The van der Waals surface area contributed by atoms with Crippen molar-refractivity contribution >= 4 is 27.7 Å². The molecule has 9 nitrogen and oxygen atoms in total. The average molecular weight is 376 g/mol. The Morgan fingerprint density at radius 3 is 2.50 bits per heavy atom. The first-order chi connectivity index (χ1) is 13.5. The van der Waals surface area contributed by atoms with E-state index in [1.165, 1.54) is 42.5 Å². The minimum absolute atomic E-state index is 0.0675. The summed E-state index contributed by atoms with van der Waals surface area (Å²) >= 11 is 0. The third kappa shape index (κ3) is 2.39. The number of hydrogen-bond acceptors (Lipinski definition) is 6. The molecule has 0 bridgehead atoms. The summed E-state index contributed by atoms with van der Waals surface area (Å²) in [5.41, 5.74) is 0.425. The molecule has 0 aliphatic rings. The fourth-order valence-electron chi connectivity index (χ4n) is 3.29. The smallest absolute Gasteiger partial charge is 0.391 e. The summed E-state index contributed by atoms with van der Waals surface area (Å²) in [4.78, 5) is 36.3. The molecule has 0 spiro atoms. The van der Waals surface area contributed by atoms with Gasteiger partial charge in [0.05, 0.1) is 27.8 Å². The van der Waals surface area contributed by atoms with E-state index in [1.54, 1.807) is 4.57 Å². The number of fused-ring (bicyclic) bond motifs is 3. The van der Waals surface area contributed by atoms with Crippen molar-refractivity contribution in [2.75, 3.05) is 0 Å². The lowest BCUT2D eigenvalue weighted by Gasteiger charge is -2.05. The molecule has 4 aromatic rings. The first-order valence-corrected chi connectivity index (χ1v) is 8.33. The minimum atomic E-state index is -0.880. The number of nitro groups is 1. The van der Waals surface area contributed by atoms with Crippen LogP contribution in [0.15, 0.2) is 56.5 Å². The zero-order valence-corrected chi connectivity index (χ0v) is 14.6. The van der Waals surface area contributed by atoms with Gasteiger partial charge in [-0.2, -0.15) is 5.26 Å². The van der Waals surface area contributed by atoms with Crippen molar-refractivity contribution in [2.45, 2.75) is 13.5 Å². The SMILES string of the molecule is CCn1c2ccc([N+](=O)[O-])cc2c2c(=O)n(-c3ccc(C#N)cc3)c(=O)oc21. The number of rotatable bonds is 3. The maximum atomic E-state index is 13.2. The van der Waals surface area contributed by atoms with Crippen molar-refractivity contribution in [1.82, 2.24) is 9.13 Å². The van der Waals surface area contributed by atoms with Crippen molar-refractivity contribution in [2.24, 2.45) is 0 Å². The summed E-state index contributed by atoms with van der Waals surface area (Å²) in [6.45, 7) is 2.22. The maximum absolute atomic E-state index is 13.2. The zero-order chi connectivity index (χ0) is 20.0. The Bertz CT molecular complexity index is 1420. The van der Waals surface area contributed by atoms with Crippen molar-refractivity contribution in [3.05, 3.63) is 79.0 Å². The van der Waals surface area contributed by atoms with Crippen molar-refractivity contribution < 1.29 is 9.34 Å². The van der Waals surface area contributed by atoms with Gasteiger partial charge in [-0.25, -0.2) is 9.36 Å². The lowest BCUT2D eigenvalue weighted by molar-refractivity contribution is -0.384. The van der Waals surface area contributed by atoms with Gasteiger partial charge in [-0.15, -0.1) is 0 Å². The van der Waals surface area contributed by atoms with E-state index in [9.17, 15) is 19.7 Å². The Morgan fingerprint density at radius 1 is 1.18 bits per heavy atom. The number of aryl methyl sites for hydroxylation is 1. The summed E-state index contributed by atoms with van der Waals surface area (Å²) in [6.07, 6.45) is 0. The molecule has 0 unspecified atom stereocenters. The predicted molar refractivity (Wildman–Crippen MR) is 101 cm³/mol. The van der Waals surface area contributed by atoms with Crippen LogP contribution in [0.2, 0.25) is 0 Å². The Labute approximate surface area is 156 Å². The summed E-state index contributed by atoms with van der Waals surface area (Å²) in [7, 11) is 0. The molecule has 0 atom stereocenters. The molecule has 4 rings (SSSR count). The van der Waals surface area contributed by atoms with Crippen LogP contribution in [0.4, 0.5) is 5.69 Å². The molecule has 0 aliphatic carbocycles. The van der Waals surface area contributed by atoms with Gasteiger partial charge in [0.1, 0.15) is 5.39 Å². The van der Waals surface area contributed by atoms with Crippen LogP contribution in [0.5, 0.6) is 0 Å². The third-order valence-corrected chi connectivity index (χ3v) is 4.56. The molecule has 2 heterocycles. The Morgan fingerprint density at radius 2 is 1.89 bits per heavy atom. The summed E-state index contributed by atoms with van der Waals surface area (Å²) in [6, 6.07) is 12.0. The quantitative estimate of drug-likeness (QED) is 0.400. The third-order valence-electron chi connectivity index (χ3n) is 4.56. The van der Waals surface area contributed by atoms with Gasteiger partial charge >= 0.3 is 5.76 Å². The highest BCUT2D eigenvalue weighted by Crippen LogP contribution is 2.29. The molecular weight excluding hydrogens is 364 g/mol. The average Bonchev–Trinajstić information content (AvgIpc) is 3.00. The highest BCUT2D eigenvalue weighted by Gasteiger charge is 2.21. The Kier molecular flexibility index (Phi) is 3.82. The van der Waals surface area contributed by atoms with Gasteiger partial charge < -0.3 is 8.98 Å². The first-order valence-electron chi connectivity index (χ1n) is 8.33. The van der Waals surface area contributed by atoms with Gasteiger partial charge in [-0.1, -0.05) is 0 Å². The molecule has 0 saturated carbocycles. The molecule has 0 amide bonds. The van der Waals surface area contributed by atoms with Gasteiger partial charge in [0, 0.05) is 24.1 Å². The van der Waals surface area contributed by atoms with Gasteiger partial charge in [-0.05, 0) is 37.3 Å². The Hall–Kier alpha value is -4.19. The molecular formula is C19H12N4O5. The second kappa shape index (κ2) is 6.21. The van der Waals surface area contributed by atoms with Crippen LogP contribution >= 0.6 is 0 Å². The van der Waals surface area contributed by atoms with E-state index >= 15 is 0 Å². The molecule has 0 fully saturated rings. The monoisotopic (exact) mass is 376 g/mol. The van der Waals surface area contributed by atoms with E-state index in [-0.39, 0.29) is 22.5 Å². The van der Waals surface area contributed by atoms with E-state index in [0.29, 0.717) is 23.0 Å². The van der Waals surface area contributed by atoms with Crippen molar-refractivity contribution in [3.63, 3.8) is 0 Å². The normalized spacial score (nSPS) is 11.0. The van der Waals surface area contributed by atoms with Crippen molar-refractivity contribution in [1.29, 1.82) is 5.26 Å². The standard InChI is InChI=1S/C19H12N4O5/c1-2-21-15-8-7-13(23(26)27)9-14(15)16-17(24)22(19(25)28-18(16)21)12-5-3-11(10-20)4-6-12/h3-9H,2H2,1H3. The number of nitriles is 1. The second-order valence-corrected chi connectivity index (χ2v) is 6.05. The van der Waals surface area contributed by atoms with Gasteiger partial charge in [0.25, 0.3) is 11.2 Å². The fourth-order valence-corrected chi connectivity index (χ4v) is 3.29. The molecule has 9 heteroatoms. The number of nitro benzene ring substituents is 1. The van der Waals surface area contributed by atoms with E-state index in [1.807, 2.05) is 13.0 Å². The van der Waals surface area contributed by atoms with Crippen LogP contribution < -0.4 is 11.3 Å². The maximum Gasteiger partial charge on any atom is 0.428 e. The van der Waals surface area contributed by atoms with Crippen LogP contribution in [-0.4, -0.2) is 14.1 Å². The number of benzene rings is 2. The number of non-ortho nitro benzene ring substituents is 1. The van der Waals surface area contributed by atoms with E-state index in [2.05, 4.69) is 0 Å². The highest BCUT2D eigenvalue weighted by molar-refractivity contribution is 6.06. The molecule has 2 aromatic heterocycles. The molecule has 138 valence electrons. The van der Waals surface area contributed by atoms with Crippen LogP contribution in [0.1, 0.15) is 12.5 Å². The highest BCUT2D eigenvalue weighted by atomic mass is 16.6. The summed E-state index contributed by atoms with van der Waals surface area (Å²) in [5.74, 6) is -0.880. The van der Waals surface area contributed by atoms with Gasteiger partial charge in [-0.3, -0.25) is 14.9 Å². The molecule has 0 N–H and O–H groups in total. The van der Waals surface area contributed by atoms with Crippen molar-refractivity contribution in [3.8, 4) is 11.8 Å². The Balaban J connectivity index is 2.15. The lowest BCUT2D eigenvalue weighted by Crippen LogP contribution is -2.31. The molecule has 2 aromatic carbocycles. The number of aromatic nitrogens is 2. The second-order valence-electron chi connectivity index (χ2n) is 6.05. The van der Waals surface area contributed by atoms with Crippen LogP contribution in [0.3, 0.4) is 0 Å². The molecule has 0 saturated heterocycles. The van der Waals surface area contributed by atoms with Crippen LogP contribution in [-0.2, 0) is 6.54 Å². The fraction of sp³-hybridized carbons (Fsp3) is 0.105. The van der Waals surface area contributed by atoms with E-state index in [4.69, 9.17) is 9.68 Å². The molecule has 0 radical (unpaired) electrons. The van der Waals surface area contributed by atoms with E-state index < -0.39 is 16.2 Å². The summed E-state index contributed by atoms with van der Waals surface area (Å²) in [5, 5.41) is 20.5. The summed E-state index contributed by atoms with van der Waals surface area (Å²) < 4.78 is 7.90. The van der Waals surface area contributed by atoms with E-state index in [0.717, 1.165) is 4.57 Å². The number of hydrogen-bond donors (Lipinski definition) is 0. The zero-order valence-electron chi connectivity index (χ0n) is 14.6.